The van der Waals surface area contributed by atoms with Gasteiger partial charge >= 0.3 is 35.6 Å². The van der Waals surface area contributed by atoms with Gasteiger partial charge in [-0.25, -0.2) is 43.9 Å². The Labute approximate surface area is 305 Å². The molecule has 4 rings (SSSR count). The summed E-state index contributed by atoms with van der Waals surface area (Å²) in [6, 6.07) is 0. The number of halogens is 12. The molecule has 19 heteroatoms. The van der Waals surface area contributed by atoms with Crippen molar-refractivity contribution in [3.8, 4) is 0 Å². The van der Waals surface area contributed by atoms with Crippen LogP contribution in [0.2, 0.25) is 39.3 Å². The number of hydrogen-bond acceptors (Lipinski definition) is 4. The normalized spacial score (nSPS) is 15.9. The summed E-state index contributed by atoms with van der Waals surface area (Å²) in [5.74, 6) is -21.3. The van der Waals surface area contributed by atoms with Gasteiger partial charge in [0.15, 0.2) is 58.1 Å². The standard InChI is InChI=1S/2C16H14F5NOSi.2ClH.Ti/c2*1-24(2,3)9-6-4-5-8(16(9)23)7-22-15-13(20)11(18)10(17)12(19)14(15)21;;;/h2*4-7,22H,1-3H3;2*1H;/q;;;;+2/p-2/b2*8-7+;;;. The van der Waals surface area contributed by atoms with Crippen LogP contribution in [0.15, 0.2) is 70.4 Å². The topological polar surface area (TPSA) is 58.2 Å². The second kappa shape index (κ2) is 18.1. The van der Waals surface area contributed by atoms with Gasteiger partial charge in [-0.2, -0.15) is 0 Å². The third-order valence-electron chi connectivity index (χ3n) is 6.87. The maximum absolute atomic E-state index is 13.6. The summed E-state index contributed by atoms with van der Waals surface area (Å²) in [6.07, 6.45) is 11.2. The number of carbonyl (C=O) groups is 2. The van der Waals surface area contributed by atoms with E-state index in [1.165, 1.54) is 12.2 Å². The van der Waals surface area contributed by atoms with Crippen LogP contribution in [0.4, 0.5) is 55.3 Å². The van der Waals surface area contributed by atoms with Crippen LogP contribution in [-0.2, 0) is 26.6 Å². The molecule has 0 radical (unpaired) electrons. The third kappa shape index (κ3) is 10.5. The first-order chi connectivity index (χ1) is 23.5. The van der Waals surface area contributed by atoms with Gasteiger partial charge < -0.3 is 10.6 Å². The first-order valence-corrected chi connectivity index (χ1v) is 25.6. The van der Waals surface area contributed by atoms with Crippen molar-refractivity contribution in [2.24, 2.45) is 0 Å². The predicted octanol–water partition coefficient (Wildman–Crippen LogP) is 10.6. The van der Waals surface area contributed by atoms with Gasteiger partial charge in [0.25, 0.3) is 0 Å². The molecule has 0 spiro atoms. The Kier molecular flexibility index (Phi) is 15.6. The first kappa shape index (κ1) is 44.0. The van der Waals surface area contributed by atoms with E-state index in [4.69, 9.17) is 18.6 Å². The monoisotopic (exact) mass is 836 g/mol. The number of Topliss-reactive ketones (excluding diaryl/α,β-unsaturated/α-hetero) is 2. The van der Waals surface area contributed by atoms with E-state index in [0.29, 0.717) is 10.4 Å². The van der Waals surface area contributed by atoms with Crippen LogP contribution in [-0.4, -0.2) is 27.7 Å². The number of ketones is 2. The van der Waals surface area contributed by atoms with Gasteiger partial charge in [-0.05, 0) is 22.5 Å². The SMILES string of the molecule is C[Si](C)(C)C1=CC=C/C(=C\Nc2c(F)c(F)c(F)c(F)c2F)C1=O.C[Si](C)(C)C1=CC=C/C(=C\Nc2c(F)c(F)c(F)c(F)c2F)C1=O.[Cl][Ti][Cl]. The fourth-order valence-corrected chi connectivity index (χ4v) is 7.12. The van der Waals surface area contributed by atoms with E-state index in [1.54, 1.807) is 24.3 Å². The Morgan fingerprint density at radius 2 is 0.745 bits per heavy atom. The Morgan fingerprint density at radius 1 is 0.510 bits per heavy atom. The summed E-state index contributed by atoms with van der Waals surface area (Å²) < 4.78 is 133. The van der Waals surface area contributed by atoms with Crippen LogP contribution in [0.1, 0.15) is 0 Å². The van der Waals surface area contributed by atoms with Crippen LogP contribution >= 0.6 is 18.6 Å². The Bertz CT molecular complexity index is 1730. The number of carbonyl (C=O) groups excluding carboxylic acids is 2. The van der Waals surface area contributed by atoms with E-state index in [0.717, 1.165) is 12.4 Å². The summed E-state index contributed by atoms with van der Waals surface area (Å²) in [4.78, 5) is 24.7. The average Bonchev–Trinajstić information content (AvgIpc) is 3.05. The van der Waals surface area contributed by atoms with Gasteiger partial charge in [-0.15, -0.1) is 0 Å². The summed E-state index contributed by atoms with van der Waals surface area (Å²) in [5, 5.41) is 5.23. The second-order valence-electron chi connectivity index (χ2n) is 12.5. The molecule has 0 amide bonds. The van der Waals surface area contributed by atoms with E-state index >= 15 is 0 Å². The van der Waals surface area contributed by atoms with Crippen molar-refractivity contribution in [2.75, 3.05) is 10.6 Å². The third-order valence-corrected chi connectivity index (χ3v) is 10.9. The first-order valence-electron chi connectivity index (χ1n) is 14.3. The van der Waals surface area contributed by atoms with E-state index in [-0.39, 0.29) is 22.7 Å². The van der Waals surface area contributed by atoms with Gasteiger partial charge in [-0.1, -0.05) is 63.6 Å². The minimum absolute atomic E-state index is 0.0684. The number of anilines is 2. The molecule has 0 bridgehead atoms. The molecule has 2 aromatic carbocycles. The fraction of sp³-hybridized carbons (Fsp3) is 0.188. The molecular weight excluding hydrogens is 809 g/mol. The summed E-state index contributed by atoms with van der Waals surface area (Å²) in [6.45, 7) is 11.7. The van der Waals surface area contributed by atoms with Crippen molar-refractivity contribution in [3.05, 3.63) is 129 Å². The zero-order valence-electron chi connectivity index (χ0n) is 27.5. The predicted molar refractivity (Wildman–Crippen MR) is 179 cm³/mol. The molecule has 0 fully saturated rings. The quantitative estimate of drug-likeness (QED) is 0.100. The molecule has 51 heavy (non-hydrogen) atoms. The van der Waals surface area contributed by atoms with Crippen molar-refractivity contribution >= 4 is 57.7 Å². The molecule has 2 aliphatic carbocycles. The Hall–Kier alpha value is -3.15. The van der Waals surface area contributed by atoms with Crippen molar-refractivity contribution < 1.29 is 70.5 Å². The summed E-state index contributed by atoms with van der Waals surface area (Å²) in [5.41, 5.74) is -2.27. The van der Waals surface area contributed by atoms with Crippen LogP contribution in [0, 0.1) is 58.2 Å². The van der Waals surface area contributed by atoms with Gasteiger partial charge in [0.05, 0.1) is 16.1 Å². The molecule has 0 heterocycles. The maximum atomic E-state index is 13.6. The van der Waals surface area contributed by atoms with Crippen molar-refractivity contribution in [1.29, 1.82) is 0 Å². The number of nitrogens with one attached hydrogen (secondary N) is 2. The fourth-order valence-electron chi connectivity index (χ4n) is 4.28. The molecule has 4 nitrogen and oxygen atoms in total. The average molecular weight is 838 g/mol. The molecule has 2 N–H and O–H groups in total. The molecule has 0 aromatic heterocycles. The van der Waals surface area contributed by atoms with Crippen molar-refractivity contribution in [3.63, 3.8) is 0 Å². The zero-order chi connectivity index (χ0) is 39.2. The number of hydrogen-bond donors (Lipinski definition) is 2. The molecule has 2 aromatic rings. The number of allylic oxidation sites excluding steroid dienone is 10. The van der Waals surface area contributed by atoms with Crippen molar-refractivity contribution in [2.45, 2.75) is 39.3 Å². The van der Waals surface area contributed by atoms with Gasteiger partial charge in [0.1, 0.15) is 11.4 Å². The van der Waals surface area contributed by atoms with Gasteiger partial charge in [0, 0.05) is 23.5 Å². The van der Waals surface area contributed by atoms with E-state index in [2.05, 4.69) is 0 Å². The van der Waals surface area contributed by atoms with Crippen LogP contribution in [0.3, 0.4) is 0 Å². The molecule has 0 aliphatic heterocycles. The molecule has 0 saturated heterocycles. The van der Waals surface area contributed by atoms with Gasteiger partial charge in [0.2, 0.25) is 11.6 Å². The van der Waals surface area contributed by atoms with E-state index < -0.39 is 103 Å². The Balaban J connectivity index is 0.000000328. The molecular formula is C32H28Cl2F10N2O2Si2Ti. The second-order valence-corrected chi connectivity index (χ2v) is 25.1. The van der Waals surface area contributed by atoms with E-state index in [9.17, 15) is 53.5 Å². The van der Waals surface area contributed by atoms with Crippen LogP contribution < -0.4 is 10.6 Å². The number of rotatable bonds is 6. The van der Waals surface area contributed by atoms with E-state index in [1.807, 2.05) is 49.9 Å². The summed E-state index contributed by atoms with van der Waals surface area (Å²) in [7, 11) is 5.89. The molecule has 0 saturated carbocycles. The zero-order valence-corrected chi connectivity index (χ0v) is 32.5. The van der Waals surface area contributed by atoms with Crippen molar-refractivity contribution in [1.82, 2.24) is 0 Å². The number of benzene rings is 2. The summed E-state index contributed by atoms with van der Waals surface area (Å²) >= 11 is -0.556. The Morgan fingerprint density at radius 3 is 0.980 bits per heavy atom. The molecule has 0 unspecified atom stereocenters. The molecule has 2 aliphatic rings. The van der Waals surface area contributed by atoms with Crippen LogP contribution in [0.25, 0.3) is 0 Å². The van der Waals surface area contributed by atoms with Crippen LogP contribution in [0.5, 0.6) is 0 Å². The minimum atomic E-state index is -2.24. The van der Waals surface area contributed by atoms with Gasteiger partial charge in [-0.3, -0.25) is 9.59 Å². The molecule has 274 valence electrons. The molecule has 0 atom stereocenters.